The molecule has 0 aromatic heterocycles. The van der Waals surface area contributed by atoms with Crippen LogP contribution in [0.4, 0.5) is 11.4 Å². The van der Waals surface area contributed by atoms with E-state index in [4.69, 9.17) is 10.8 Å². The van der Waals surface area contributed by atoms with Gasteiger partial charge in [0.25, 0.3) is 0 Å². The van der Waals surface area contributed by atoms with E-state index in [1.807, 2.05) is 11.8 Å². The minimum absolute atomic E-state index is 0.286. The Kier molecular flexibility index (Phi) is 4.36. The third-order valence-electron chi connectivity index (χ3n) is 3.20. The summed E-state index contributed by atoms with van der Waals surface area (Å²) in [6.07, 6.45) is 2.39. The van der Waals surface area contributed by atoms with Crippen molar-refractivity contribution in [3.8, 4) is 0 Å². The Balaban J connectivity index is 2.03. The van der Waals surface area contributed by atoms with Crippen molar-refractivity contribution in [3.05, 3.63) is 23.8 Å². The molecule has 0 spiro atoms. The second-order valence-corrected chi connectivity index (χ2v) is 5.77. The van der Waals surface area contributed by atoms with Gasteiger partial charge in [0.15, 0.2) is 0 Å². The van der Waals surface area contributed by atoms with Gasteiger partial charge in [-0.05, 0) is 48.5 Å². The Morgan fingerprint density at radius 1 is 1.44 bits per heavy atom. The Hall–Kier alpha value is -1.36. The number of benzene rings is 1. The van der Waals surface area contributed by atoms with Gasteiger partial charge in [-0.3, -0.25) is 0 Å². The zero-order valence-corrected chi connectivity index (χ0v) is 11.0. The standard InChI is InChI=1S/C13H18N2O2S/c14-10-1-2-11(13(16)17)12(7-10)15-8-9-3-5-18-6-4-9/h1-2,7,9,15H,3-6,8,14H2,(H,16,17). The van der Waals surface area contributed by atoms with E-state index in [1.165, 1.54) is 24.3 Å². The SMILES string of the molecule is Nc1ccc(C(=O)O)c(NCC2CCSCC2)c1. The predicted molar refractivity (Wildman–Crippen MR) is 76.4 cm³/mol. The summed E-state index contributed by atoms with van der Waals surface area (Å²) in [5.74, 6) is 2.12. The molecule has 0 amide bonds. The van der Waals surface area contributed by atoms with Crippen molar-refractivity contribution in [3.63, 3.8) is 0 Å². The Bertz CT molecular complexity index is 431. The lowest BCUT2D eigenvalue weighted by molar-refractivity contribution is 0.0698. The molecule has 1 aromatic carbocycles. The van der Waals surface area contributed by atoms with E-state index in [2.05, 4.69) is 5.32 Å². The molecular formula is C13H18N2O2S. The lowest BCUT2D eigenvalue weighted by atomic mass is 10.0. The first-order chi connectivity index (χ1) is 8.66. The number of carboxylic acid groups (broad SMARTS) is 1. The lowest BCUT2D eigenvalue weighted by Crippen LogP contribution is -2.20. The number of rotatable bonds is 4. The quantitative estimate of drug-likeness (QED) is 0.730. The van der Waals surface area contributed by atoms with Gasteiger partial charge in [0.1, 0.15) is 0 Å². The molecule has 1 fully saturated rings. The van der Waals surface area contributed by atoms with E-state index in [-0.39, 0.29) is 5.56 Å². The molecule has 0 unspecified atom stereocenters. The highest BCUT2D eigenvalue weighted by Gasteiger charge is 2.15. The second-order valence-electron chi connectivity index (χ2n) is 4.55. The highest BCUT2D eigenvalue weighted by Crippen LogP contribution is 2.25. The molecule has 1 saturated heterocycles. The zero-order valence-electron chi connectivity index (χ0n) is 10.2. The van der Waals surface area contributed by atoms with E-state index in [0.717, 1.165) is 6.54 Å². The maximum Gasteiger partial charge on any atom is 0.337 e. The van der Waals surface area contributed by atoms with E-state index in [1.54, 1.807) is 18.2 Å². The third-order valence-corrected chi connectivity index (χ3v) is 4.24. The number of aromatic carboxylic acids is 1. The fourth-order valence-corrected chi connectivity index (χ4v) is 3.30. The minimum Gasteiger partial charge on any atom is -0.478 e. The Labute approximate surface area is 111 Å². The van der Waals surface area contributed by atoms with Crippen LogP contribution in [-0.2, 0) is 0 Å². The second kappa shape index (κ2) is 6.00. The maximum atomic E-state index is 11.1. The Morgan fingerprint density at radius 2 is 2.17 bits per heavy atom. The van der Waals surface area contributed by atoms with Crippen molar-refractivity contribution in [2.45, 2.75) is 12.8 Å². The minimum atomic E-state index is -0.920. The summed E-state index contributed by atoms with van der Waals surface area (Å²) in [5, 5.41) is 12.3. The number of nitrogens with one attached hydrogen (secondary N) is 1. The van der Waals surface area contributed by atoms with Crippen molar-refractivity contribution in [2.24, 2.45) is 5.92 Å². The molecule has 1 aliphatic rings. The molecule has 2 rings (SSSR count). The smallest absolute Gasteiger partial charge is 0.337 e. The summed E-state index contributed by atoms with van der Waals surface area (Å²) in [4.78, 5) is 11.1. The van der Waals surface area contributed by atoms with Crippen LogP contribution in [0.15, 0.2) is 18.2 Å². The first kappa shape index (κ1) is 13.1. The number of hydrogen-bond acceptors (Lipinski definition) is 4. The summed E-state index contributed by atoms with van der Waals surface area (Å²) >= 11 is 1.99. The molecule has 1 heterocycles. The van der Waals surface area contributed by atoms with E-state index in [9.17, 15) is 4.79 Å². The molecule has 18 heavy (non-hydrogen) atoms. The summed E-state index contributed by atoms with van der Waals surface area (Å²) in [7, 11) is 0. The van der Waals surface area contributed by atoms with Crippen LogP contribution in [0.5, 0.6) is 0 Å². The highest BCUT2D eigenvalue weighted by atomic mass is 32.2. The number of carboxylic acids is 1. The van der Waals surface area contributed by atoms with Gasteiger partial charge in [-0.25, -0.2) is 4.79 Å². The molecule has 98 valence electrons. The average Bonchev–Trinajstić information content (AvgIpc) is 2.37. The molecule has 1 aromatic rings. The van der Waals surface area contributed by atoms with Crippen LogP contribution >= 0.6 is 11.8 Å². The van der Waals surface area contributed by atoms with Gasteiger partial charge in [-0.2, -0.15) is 11.8 Å². The van der Waals surface area contributed by atoms with Crippen molar-refractivity contribution in [1.82, 2.24) is 0 Å². The molecule has 0 aliphatic carbocycles. The van der Waals surface area contributed by atoms with Crippen LogP contribution < -0.4 is 11.1 Å². The van der Waals surface area contributed by atoms with Gasteiger partial charge < -0.3 is 16.2 Å². The zero-order chi connectivity index (χ0) is 13.0. The molecule has 0 saturated carbocycles. The molecule has 4 N–H and O–H groups in total. The summed E-state index contributed by atoms with van der Waals surface area (Å²) in [6, 6.07) is 4.86. The molecule has 4 nitrogen and oxygen atoms in total. The lowest BCUT2D eigenvalue weighted by Gasteiger charge is -2.22. The topological polar surface area (TPSA) is 75.4 Å². The van der Waals surface area contributed by atoms with Crippen LogP contribution in [0, 0.1) is 5.92 Å². The number of nitrogen functional groups attached to an aromatic ring is 1. The van der Waals surface area contributed by atoms with Crippen LogP contribution in [0.2, 0.25) is 0 Å². The van der Waals surface area contributed by atoms with Crippen molar-refractivity contribution >= 4 is 29.1 Å². The monoisotopic (exact) mass is 266 g/mol. The van der Waals surface area contributed by atoms with E-state index >= 15 is 0 Å². The molecule has 0 radical (unpaired) electrons. The first-order valence-corrected chi connectivity index (χ1v) is 7.26. The predicted octanol–water partition coefficient (Wildman–Crippen LogP) is 2.52. The molecule has 5 heteroatoms. The van der Waals surface area contributed by atoms with Gasteiger partial charge in [0.05, 0.1) is 11.3 Å². The van der Waals surface area contributed by atoms with Gasteiger partial charge >= 0.3 is 5.97 Å². The van der Waals surface area contributed by atoms with Gasteiger partial charge in [0, 0.05) is 12.2 Å². The van der Waals surface area contributed by atoms with Crippen LogP contribution in [0.1, 0.15) is 23.2 Å². The summed E-state index contributed by atoms with van der Waals surface area (Å²) in [5.41, 5.74) is 7.20. The maximum absolute atomic E-state index is 11.1. The summed E-state index contributed by atoms with van der Waals surface area (Å²) in [6.45, 7) is 0.824. The van der Waals surface area contributed by atoms with E-state index in [0.29, 0.717) is 17.3 Å². The van der Waals surface area contributed by atoms with E-state index < -0.39 is 5.97 Å². The normalized spacial score (nSPS) is 16.4. The molecular weight excluding hydrogens is 248 g/mol. The number of carbonyl (C=O) groups is 1. The van der Waals surface area contributed by atoms with Crippen LogP contribution in [-0.4, -0.2) is 29.1 Å². The molecule has 1 aliphatic heterocycles. The van der Waals surface area contributed by atoms with Crippen molar-refractivity contribution in [1.29, 1.82) is 0 Å². The Morgan fingerprint density at radius 3 is 2.83 bits per heavy atom. The van der Waals surface area contributed by atoms with Gasteiger partial charge in [-0.15, -0.1) is 0 Å². The third kappa shape index (κ3) is 3.32. The van der Waals surface area contributed by atoms with Crippen molar-refractivity contribution < 1.29 is 9.90 Å². The number of hydrogen-bond donors (Lipinski definition) is 3. The first-order valence-electron chi connectivity index (χ1n) is 6.11. The van der Waals surface area contributed by atoms with Gasteiger partial charge in [-0.1, -0.05) is 0 Å². The van der Waals surface area contributed by atoms with Crippen molar-refractivity contribution in [2.75, 3.05) is 29.1 Å². The average molecular weight is 266 g/mol. The summed E-state index contributed by atoms with van der Waals surface area (Å²) < 4.78 is 0. The number of thioether (sulfide) groups is 1. The molecule has 0 atom stereocenters. The fourth-order valence-electron chi connectivity index (χ4n) is 2.10. The highest BCUT2D eigenvalue weighted by molar-refractivity contribution is 7.99. The van der Waals surface area contributed by atoms with Gasteiger partial charge in [0.2, 0.25) is 0 Å². The molecule has 0 bridgehead atoms. The fraction of sp³-hybridized carbons (Fsp3) is 0.462. The van der Waals surface area contributed by atoms with Crippen LogP contribution in [0.25, 0.3) is 0 Å². The number of nitrogens with two attached hydrogens (primary N) is 1. The van der Waals surface area contributed by atoms with Crippen LogP contribution in [0.3, 0.4) is 0 Å². The number of anilines is 2. The largest absolute Gasteiger partial charge is 0.478 e.